The highest BCUT2D eigenvalue weighted by atomic mass is 16.4. The van der Waals surface area contributed by atoms with Gasteiger partial charge in [0, 0.05) is 25.7 Å². The van der Waals surface area contributed by atoms with Gasteiger partial charge in [0.15, 0.2) is 0 Å². The summed E-state index contributed by atoms with van der Waals surface area (Å²) in [5.74, 6) is -0.702. The van der Waals surface area contributed by atoms with Crippen LogP contribution in [0.3, 0.4) is 0 Å². The van der Waals surface area contributed by atoms with E-state index in [4.69, 9.17) is 5.11 Å². The number of hydrogen-bond donors (Lipinski definition) is 1. The molecule has 0 aliphatic carbocycles. The van der Waals surface area contributed by atoms with E-state index in [-0.39, 0.29) is 6.54 Å². The van der Waals surface area contributed by atoms with Gasteiger partial charge in [-0.1, -0.05) is 6.92 Å². The van der Waals surface area contributed by atoms with Crippen LogP contribution in [0.2, 0.25) is 0 Å². The molecule has 0 unspecified atom stereocenters. The van der Waals surface area contributed by atoms with E-state index in [2.05, 4.69) is 21.6 Å². The molecule has 2 saturated heterocycles. The van der Waals surface area contributed by atoms with E-state index < -0.39 is 5.97 Å². The van der Waals surface area contributed by atoms with Gasteiger partial charge in [0.2, 0.25) is 0 Å². The van der Waals surface area contributed by atoms with Crippen molar-refractivity contribution < 1.29 is 9.90 Å². The van der Waals surface area contributed by atoms with Crippen LogP contribution in [0.15, 0.2) is 0 Å². The van der Waals surface area contributed by atoms with E-state index in [1.54, 1.807) is 0 Å². The van der Waals surface area contributed by atoms with Crippen LogP contribution in [0.25, 0.3) is 0 Å². The number of carbonyl (C=O) groups is 1. The minimum absolute atomic E-state index is 0.197. The van der Waals surface area contributed by atoms with Crippen molar-refractivity contribution >= 4 is 5.97 Å². The Morgan fingerprint density at radius 2 is 1.80 bits per heavy atom. The SMILES string of the molecule is CCCN1CCC(N2CCCN(CC(=O)O)CC2)CC1. The van der Waals surface area contributed by atoms with Crippen molar-refractivity contribution in [3.63, 3.8) is 0 Å². The highest BCUT2D eigenvalue weighted by molar-refractivity contribution is 5.69. The van der Waals surface area contributed by atoms with Gasteiger partial charge in [0.1, 0.15) is 0 Å². The van der Waals surface area contributed by atoms with E-state index in [9.17, 15) is 4.79 Å². The third kappa shape index (κ3) is 4.72. The highest BCUT2D eigenvalue weighted by Gasteiger charge is 2.26. The van der Waals surface area contributed by atoms with Gasteiger partial charge in [0.25, 0.3) is 0 Å². The molecule has 2 aliphatic heterocycles. The van der Waals surface area contributed by atoms with E-state index in [1.165, 1.54) is 38.9 Å². The number of hydrogen-bond acceptors (Lipinski definition) is 4. The lowest BCUT2D eigenvalue weighted by Gasteiger charge is -2.38. The quantitative estimate of drug-likeness (QED) is 0.814. The molecular weight excluding hydrogens is 254 g/mol. The summed E-state index contributed by atoms with van der Waals surface area (Å²) in [5, 5.41) is 8.89. The summed E-state index contributed by atoms with van der Waals surface area (Å²) >= 11 is 0. The standard InChI is InChI=1S/C15H29N3O2/c1-2-6-16-9-4-14(5-10-16)18-8-3-7-17(11-12-18)13-15(19)20/h14H,2-13H2,1H3,(H,19,20). The Morgan fingerprint density at radius 3 is 2.45 bits per heavy atom. The Labute approximate surface area is 122 Å². The molecule has 5 nitrogen and oxygen atoms in total. The normalized spacial score (nSPS) is 24.6. The number of rotatable bonds is 5. The first-order valence-corrected chi connectivity index (χ1v) is 8.09. The lowest BCUT2D eigenvalue weighted by Crippen LogP contribution is -2.46. The molecule has 2 aliphatic rings. The summed E-state index contributed by atoms with van der Waals surface area (Å²) in [6.45, 7) is 10.1. The summed E-state index contributed by atoms with van der Waals surface area (Å²) in [6, 6.07) is 0.716. The van der Waals surface area contributed by atoms with Crippen LogP contribution in [0.5, 0.6) is 0 Å². The second-order valence-electron chi connectivity index (χ2n) is 6.13. The van der Waals surface area contributed by atoms with Crippen molar-refractivity contribution in [3.05, 3.63) is 0 Å². The summed E-state index contributed by atoms with van der Waals surface area (Å²) in [6.07, 6.45) is 4.90. The van der Waals surface area contributed by atoms with Gasteiger partial charge < -0.3 is 10.0 Å². The van der Waals surface area contributed by atoms with Crippen LogP contribution in [0.4, 0.5) is 0 Å². The van der Waals surface area contributed by atoms with E-state index in [0.717, 1.165) is 32.6 Å². The number of aliphatic carboxylic acids is 1. The van der Waals surface area contributed by atoms with Gasteiger partial charge in [-0.2, -0.15) is 0 Å². The van der Waals surface area contributed by atoms with E-state index in [0.29, 0.717) is 6.04 Å². The second kappa shape index (κ2) is 7.96. The highest BCUT2D eigenvalue weighted by Crippen LogP contribution is 2.18. The molecule has 2 heterocycles. The number of carboxylic acids is 1. The summed E-state index contributed by atoms with van der Waals surface area (Å²) < 4.78 is 0. The van der Waals surface area contributed by atoms with Crippen LogP contribution in [-0.2, 0) is 4.79 Å². The predicted octanol–water partition coefficient (Wildman–Crippen LogP) is 0.953. The third-order valence-electron chi connectivity index (χ3n) is 4.60. The van der Waals surface area contributed by atoms with Gasteiger partial charge in [-0.15, -0.1) is 0 Å². The molecule has 0 amide bonds. The minimum Gasteiger partial charge on any atom is -0.480 e. The largest absolute Gasteiger partial charge is 0.480 e. The molecule has 0 radical (unpaired) electrons. The van der Waals surface area contributed by atoms with Crippen molar-refractivity contribution in [1.29, 1.82) is 0 Å². The molecule has 0 atom stereocenters. The molecule has 0 aromatic heterocycles. The number of likely N-dealkylation sites (tertiary alicyclic amines) is 1. The first-order chi connectivity index (χ1) is 9.69. The van der Waals surface area contributed by atoms with Crippen molar-refractivity contribution in [2.45, 2.75) is 38.6 Å². The Balaban J connectivity index is 1.75. The van der Waals surface area contributed by atoms with Crippen molar-refractivity contribution in [1.82, 2.24) is 14.7 Å². The molecule has 0 saturated carbocycles. The van der Waals surface area contributed by atoms with Crippen LogP contribution in [-0.4, -0.2) is 84.2 Å². The van der Waals surface area contributed by atoms with Crippen LogP contribution in [0.1, 0.15) is 32.6 Å². The topological polar surface area (TPSA) is 47.0 Å². The molecule has 0 spiro atoms. The molecule has 5 heteroatoms. The van der Waals surface area contributed by atoms with Crippen LogP contribution in [0, 0.1) is 0 Å². The third-order valence-corrected chi connectivity index (χ3v) is 4.60. The fourth-order valence-corrected chi connectivity index (χ4v) is 3.53. The van der Waals surface area contributed by atoms with Gasteiger partial charge in [-0.3, -0.25) is 14.6 Å². The molecule has 20 heavy (non-hydrogen) atoms. The number of nitrogens with zero attached hydrogens (tertiary/aromatic N) is 3. The zero-order valence-electron chi connectivity index (χ0n) is 12.8. The van der Waals surface area contributed by atoms with Gasteiger partial charge in [-0.25, -0.2) is 0 Å². The van der Waals surface area contributed by atoms with Crippen LogP contribution < -0.4 is 0 Å². The fraction of sp³-hybridized carbons (Fsp3) is 0.933. The lowest BCUT2D eigenvalue weighted by molar-refractivity contribution is -0.138. The maximum absolute atomic E-state index is 10.8. The Bertz CT molecular complexity index is 303. The predicted molar refractivity (Wildman–Crippen MR) is 80.0 cm³/mol. The number of piperidine rings is 1. The number of carboxylic acid groups (broad SMARTS) is 1. The average molecular weight is 283 g/mol. The maximum atomic E-state index is 10.8. The Morgan fingerprint density at radius 1 is 1.05 bits per heavy atom. The second-order valence-corrected chi connectivity index (χ2v) is 6.13. The van der Waals surface area contributed by atoms with Crippen LogP contribution >= 0.6 is 0 Å². The summed E-state index contributed by atoms with van der Waals surface area (Å²) in [7, 11) is 0. The zero-order chi connectivity index (χ0) is 14.4. The van der Waals surface area contributed by atoms with Crippen molar-refractivity contribution in [2.75, 3.05) is 52.4 Å². The van der Waals surface area contributed by atoms with E-state index in [1.807, 2.05) is 0 Å². The zero-order valence-corrected chi connectivity index (χ0v) is 12.8. The average Bonchev–Trinajstić information content (AvgIpc) is 2.65. The molecule has 0 aromatic carbocycles. The Hall–Kier alpha value is -0.650. The summed E-state index contributed by atoms with van der Waals surface area (Å²) in [5.41, 5.74) is 0. The van der Waals surface area contributed by atoms with Crippen molar-refractivity contribution in [3.8, 4) is 0 Å². The molecular formula is C15H29N3O2. The molecule has 2 rings (SSSR count). The summed E-state index contributed by atoms with van der Waals surface area (Å²) in [4.78, 5) is 18.1. The molecule has 1 N–H and O–H groups in total. The first-order valence-electron chi connectivity index (χ1n) is 8.09. The monoisotopic (exact) mass is 283 g/mol. The minimum atomic E-state index is -0.702. The van der Waals surface area contributed by atoms with Crippen molar-refractivity contribution in [2.24, 2.45) is 0 Å². The molecule has 116 valence electrons. The van der Waals surface area contributed by atoms with E-state index >= 15 is 0 Å². The van der Waals surface area contributed by atoms with Gasteiger partial charge in [-0.05, 0) is 51.9 Å². The van der Waals surface area contributed by atoms with Gasteiger partial charge >= 0.3 is 5.97 Å². The smallest absolute Gasteiger partial charge is 0.317 e. The molecule has 2 fully saturated rings. The maximum Gasteiger partial charge on any atom is 0.317 e. The lowest BCUT2D eigenvalue weighted by atomic mass is 10.0. The first kappa shape index (κ1) is 15.7. The molecule has 0 bridgehead atoms. The Kier molecular flexibility index (Phi) is 6.26. The molecule has 0 aromatic rings. The fourth-order valence-electron chi connectivity index (χ4n) is 3.53. The van der Waals surface area contributed by atoms with Gasteiger partial charge in [0.05, 0.1) is 6.54 Å².